The minimum Gasteiger partial charge on any atom is -0.852 e. The van der Waals surface area contributed by atoms with E-state index in [4.69, 9.17) is 5.26 Å². The van der Waals surface area contributed by atoms with Gasteiger partial charge in [-0.15, -0.1) is 24.4 Å². The van der Waals surface area contributed by atoms with Crippen molar-refractivity contribution in [3.05, 3.63) is 0 Å². The van der Waals surface area contributed by atoms with E-state index in [0.29, 0.717) is 0 Å². The smallest absolute Gasteiger partial charge is 0.852 e. The molecule has 0 saturated heterocycles. The number of rotatable bonds is 0. The van der Waals surface area contributed by atoms with Crippen LogP contribution in [0.25, 0.3) is 0 Å². The van der Waals surface area contributed by atoms with Crippen molar-refractivity contribution in [3.8, 4) is 0 Å². The molecule has 0 aromatic heterocycles. The fourth-order valence-electron chi connectivity index (χ4n) is 0. The molecule has 142 valence electrons. The van der Waals surface area contributed by atoms with E-state index in [1.54, 1.807) is 76.2 Å². The fraction of sp³-hybridized carbons (Fsp3) is 1.00. The standard InChI is InChI=1S/C4H10O2.4C3H7O.Ti/c1-4(2,3)6-5;4*1-3(2)4;/h5H,1-3H3;4*3H,1-2H3;/q;4*-1;+4. The molecule has 23 heavy (non-hydrogen) atoms. The third-order valence-corrected chi connectivity index (χ3v) is 0.274. The van der Waals surface area contributed by atoms with E-state index < -0.39 is 30.0 Å². The van der Waals surface area contributed by atoms with Gasteiger partial charge in [0.15, 0.2) is 0 Å². The fourth-order valence-corrected chi connectivity index (χ4v) is 0. The van der Waals surface area contributed by atoms with Gasteiger partial charge in [-0.1, -0.05) is 55.4 Å². The van der Waals surface area contributed by atoms with Crippen LogP contribution in [0.4, 0.5) is 0 Å². The Balaban J connectivity index is -0.0000000393. The normalized spacial score (nSPS) is 9.39. The Kier molecular flexibility index (Phi) is 46.1. The minimum atomic E-state index is -0.417. The van der Waals surface area contributed by atoms with Crippen LogP contribution < -0.4 is 20.4 Å². The Hall–Kier alpha value is 0.474. The van der Waals surface area contributed by atoms with Crippen LogP contribution in [0.1, 0.15) is 76.2 Å². The summed E-state index contributed by atoms with van der Waals surface area (Å²) in [6, 6.07) is 0. The average molecular weight is 374 g/mol. The molecule has 0 aliphatic carbocycles. The summed E-state index contributed by atoms with van der Waals surface area (Å²) in [5, 5.41) is 46.0. The molecule has 7 heteroatoms. The monoisotopic (exact) mass is 374 g/mol. The van der Waals surface area contributed by atoms with Crippen molar-refractivity contribution in [2.24, 2.45) is 0 Å². The molecule has 0 aromatic carbocycles. The molecular weight excluding hydrogens is 336 g/mol. The predicted molar refractivity (Wildman–Crippen MR) is 84.0 cm³/mol. The van der Waals surface area contributed by atoms with E-state index in [0.717, 1.165) is 0 Å². The molecule has 0 unspecified atom stereocenters. The van der Waals surface area contributed by atoms with Crippen molar-refractivity contribution < 1.29 is 52.3 Å². The van der Waals surface area contributed by atoms with Crippen molar-refractivity contribution >= 4 is 0 Å². The molecule has 0 aliphatic heterocycles. The molecule has 0 atom stereocenters. The molecule has 6 nitrogen and oxygen atoms in total. The van der Waals surface area contributed by atoms with Crippen molar-refractivity contribution in [2.75, 3.05) is 0 Å². The Bertz CT molecular complexity index is 133. The Morgan fingerprint density at radius 3 is 0.652 bits per heavy atom. The molecule has 0 heterocycles. The first-order chi connectivity index (χ1) is 9.49. The first kappa shape index (κ1) is 38.8. The average Bonchev–Trinajstić information content (AvgIpc) is 2.12. The van der Waals surface area contributed by atoms with Crippen LogP contribution in [-0.2, 0) is 26.6 Å². The first-order valence-corrected chi connectivity index (χ1v) is 7.45. The van der Waals surface area contributed by atoms with Gasteiger partial charge in [0, 0.05) is 0 Å². The van der Waals surface area contributed by atoms with Crippen molar-refractivity contribution in [1.29, 1.82) is 0 Å². The maximum atomic E-state index is 9.53. The van der Waals surface area contributed by atoms with Gasteiger partial charge in [0.1, 0.15) is 0 Å². The summed E-state index contributed by atoms with van der Waals surface area (Å²) >= 11 is 0. The van der Waals surface area contributed by atoms with E-state index in [9.17, 15) is 20.4 Å². The summed E-state index contributed by atoms with van der Waals surface area (Å²) < 4.78 is 0. The van der Waals surface area contributed by atoms with Gasteiger partial charge in [-0.25, -0.2) is 4.89 Å². The second-order valence-corrected chi connectivity index (χ2v) is 6.40. The zero-order valence-electron chi connectivity index (χ0n) is 16.8. The van der Waals surface area contributed by atoms with Gasteiger partial charge >= 0.3 is 21.7 Å². The molecule has 0 radical (unpaired) electrons. The van der Waals surface area contributed by atoms with Crippen molar-refractivity contribution in [1.82, 2.24) is 0 Å². The molecule has 0 bridgehead atoms. The zero-order chi connectivity index (χ0) is 19.5. The molecular formula is C16H38O6Ti. The van der Waals surface area contributed by atoms with Gasteiger partial charge in [0.25, 0.3) is 0 Å². The van der Waals surface area contributed by atoms with Crippen molar-refractivity contribution in [2.45, 2.75) is 106 Å². The van der Waals surface area contributed by atoms with E-state index in [-0.39, 0.29) is 21.7 Å². The van der Waals surface area contributed by atoms with E-state index in [1.165, 1.54) is 0 Å². The summed E-state index contributed by atoms with van der Waals surface area (Å²) in [5.74, 6) is 0. The predicted octanol–water partition coefficient (Wildman–Crippen LogP) is 0.292. The molecule has 0 amide bonds. The maximum Gasteiger partial charge on any atom is 4.00 e. The van der Waals surface area contributed by atoms with Gasteiger partial charge in [-0.05, 0) is 20.8 Å². The van der Waals surface area contributed by atoms with Gasteiger partial charge < -0.3 is 20.4 Å². The molecule has 0 rings (SSSR count). The minimum absolute atomic E-state index is 0. The quantitative estimate of drug-likeness (QED) is 0.370. The summed E-state index contributed by atoms with van der Waals surface area (Å²) in [6.07, 6.45) is -1.67. The molecule has 0 spiro atoms. The van der Waals surface area contributed by atoms with Crippen LogP contribution in [0.3, 0.4) is 0 Å². The molecule has 0 saturated carbocycles. The van der Waals surface area contributed by atoms with Crippen molar-refractivity contribution in [3.63, 3.8) is 0 Å². The summed E-state index contributed by atoms with van der Waals surface area (Å²) in [6.45, 7) is 18.2. The summed E-state index contributed by atoms with van der Waals surface area (Å²) in [5.41, 5.74) is -0.403. The van der Waals surface area contributed by atoms with E-state index in [1.807, 2.05) is 0 Å². The van der Waals surface area contributed by atoms with Crippen LogP contribution >= 0.6 is 0 Å². The number of hydrogen-bond donors (Lipinski definition) is 1. The topological polar surface area (TPSA) is 122 Å². The largest absolute Gasteiger partial charge is 4.00 e. The second kappa shape index (κ2) is 27.3. The first-order valence-electron chi connectivity index (χ1n) is 7.45. The van der Waals surface area contributed by atoms with Crippen LogP contribution in [0, 0.1) is 0 Å². The van der Waals surface area contributed by atoms with E-state index in [2.05, 4.69) is 4.89 Å². The van der Waals surface area contributed by atoms with Crippen LogP contribution in [0.15, 0.2) is 0 Å². The SMILES string of the molecule is CC(C)(C)OO.CC(C)[O-].CC(C)[O-].CC(C)[O-].CC(C)[O-].[Ti+4]. The van der Waals surface area contributed by atoms with Crippen LogP contribution in [0.2, 0.25) is 0 Å². The van der Waals surface area contributed by atoms with Gasteiger partial charge in [0.05, 0.1) is 5.60 Å². The van der Waals surface area contributed by atoms with Gasteiger partial charge in [-0.2, -0.15) is 0 Å². The Morgan fingerprint density at radius 2 is 0.652 bits per heavy atom. The third-order valence-electron chi connectivity index (χ3n) is 0.274. The Labute approximate surface area is 158 Å². The van der Waals surface area contributed by atoms with E-state index >= 15 is 0 Å². The molecule has 1 N–H and O–H groups in total. The second-order valence-electron chi connectivity index (χ2n) is 6.40. The van der Waals surface area contributed by atoms with Gasteiger partial charge in [0.2, 0.25) is 0 Å². The molecule has 0 aliphatic rings. The number of hydrogen-bond acceptors (Lipinski definition) is 6. The van der Waals surface area contributed by atoms with Gasteiger partial charge in [-0.3, -0.25) is 5.26 Å². The third kappa shape index (κ3) is 780. The maximum absolute atomic E-state index is 9.53. The molecule has 0 fully saturated rings. The zero-order valence-corrected chi connectivity index (χ0v) is 18.4. The summed E-state index contributed by atoms with van der Waals surface area (Å²) in [7, 11) is 0. The summed E-state index contributed by atoms with van der Waals surface area (Å²) in [4.78, 5) is 3.94. The van der Waals surface area contributed by atoms with Crippen LogP contribution in [0.5, 0.6) is 0 Å². The molecule has 0 aromatic rings. The Morgan fingerprint density at radius 1 is 0.609 bits per heavy atom. The van der Waals surface area contributed by atoms with Crippen LogP contribution in [-0.4, -0.2) is 35.3 Å².